The van der Waals surface area contributed by atoms with E-state index >= 15 is 0 Å². The highest BCUT2D eigenvalue weighted by molar-refractivity contribution is 9.10. The first-order valence-corrected chi connectivity index (χ1v) is 7.20. The van der Waals surface area contributed by atoms with Crippen LogP contribution in [0.2, 0.25) is 0 Å². The third kappa shape index (κ3) is 3.05. The number of nitrogens with zero attached hydrogens (tertiary/aromatic N) is 1. The van der Waals surface area contributed by atoms with Crippen LogP contribution in [0.1, 0.15) is 25.3 Å². The zero-order chi connectivity index (χ0) is 13.1. The largest absolute Gasteiger partial charge is 0.398 e. The van der Waals surface area contributed by atoms with Crippen molar-refractivity contribution >= 4 is 21.6 Å². The lowest BCUT2D eigenvalue weighted by Gasteiger charge is -2.37. The molecular weight excluding hydrogens is 292 g/mol. The lowest BCUT2D eigenvalue weighted by Crippen LogP contribution is -2.42. The van der Waals surface area contributed by atoms with Gasteiger partial charge in [-0.2, -0.15) is 0 Å². The standard InChI is InChI=1S/C14H21BrN2O/c1-10-8-12(18-2)6-7-17(10)9-11-4-3-5-13(16)14(11)15/h3-5,10,12H,6-9,16H2,1-2H3. The number of ether oxygens (including phenoxy) is 1. The Bertz CT molecular complexity index is 411. The van der Waals surface area contributed by atoms with Crippen LogP contribution in [-0.4, -0.2) is 30.7 Å². The molecule has 1 aliphatic heterocycles. The van der Waals surface area contributed by atoms with Gasteiger partial charge in [0.2, 0.25) is 0 Å². The van der Waals surface area contributed by atoms with Crippen molar-refractivity contribution in [2.45, 2.75) is 38.5 Å². The van der Waals surface area contributed by atoms with Crippen molar-refractivity contribution in [3.05, 3.63) is 28.2 Å². The van der Waals surface area contributed by atoms with E-state index in [9.17, 15) is 0 Å². The molecule has 3 nitrogen and oxygen atoms in total. The Morgan fingerprint density at radius 1 is 1.50 bits per heavy atom. The molecule has 0 bridgehead atoms. The summed E-state index contributed by atoms with van der Waals surface area (Å²) in [4.78, 5) is 2.50. The Hall–Kier alpha value is -0.580. The number of nitrogen functional groups attached to an aromatic ring is 1. The van der Waals surface area contributed by atoms with Gasteiger partial charge >= 0.3 is 0 Å². The Labute approximate surface area is 117 Å². The average molecular weight is 313 g/mol. The highest BCUT2D eigenvalue weighted by Crippen LogP contribution is 2.27. The fourth-order valence-electron chi connectivity index (χ4n) is 2.57. The Morgan fingerprint density at radius 3 is 2.94 bits per heavy atom. The van der Waals surface area contributed by atoms with Crippen molar-refractivity contribution in [3.8, 4) is 0 Å². The molecule has 2 atom stereocenters. The van der Waals surface area contributed by atoms with Crippen LogP contribution in [0.3, 0.4) is 0 Å². The van der Waals surface area contributed by atoms with Gasteiger partial charge in [0.05, 0.1) is 6.10 Å². The van der Waals surface area contributed by atoms with E-state index in [0.29, 0.717) is 12.1 Å². The van der Waals surface area contributed by atoms with Gasteiger partial charge in [-0.05, 0) is 47.3 Å². The first-order valence-electron chi connectivity index (χ1n) is 6.41. The summed E-state index contributed by atoms with van der Waals surface area (Å²) in [5.74, 6) is 0. The van der Waals surface area contributed by atoms with Crippen LogP contribution in [0, 0.1) is 0 Å². The number of likely N-dealkylation sites (tertiary alicyclic amines) is 1. The summed E-state index contributed by atoms with van der Waals surface area (Å²) in [6.45, 7) is 4.30. The zero-order valence-electron chi connectivity index (χ0n) is 11.0. The summed E-state index contributed by atoms with van der Waals surface area (Å²) in [5.41, 5.74) is 7.99. The maximum absolute atomic E-state index is 5.92. The molecule has 0 saturated carbocycles. The van der Waals surface area contributed by atoms with Gasteiger partial charge in [0.15, 0.2) is 0 Å². The maximum Gasteiger partial charge on any atom is 0.0598 e. The van der Waals surface area contributed by atoms with Gasteiger partial charge in [-0.3, -0.25) is 4.90 Å². The number of halogens is 1. The minimum absolute atomic E-state index is 0.417. The van der Waals surface area contributed by atoms with E-state index in [1.165, 1.54) is 5.56 Å². The van der Waals surface area contributed by atoms with Crippen molar-refractivity contribution in [1.29, 1.82) is 0 Å². The minimum Gasteiger partial charge on any atom is -0.398 e. The SMILES string of the molecule is COC1CCN(Cc2cccc(N)c2Br)C(C)C1. The molecule has 100 valence electrons. The first-order chi connectivity index (χ1) is 8.61. The number of hydrogen-bond donors (Lipinski definition) is 1. The Kier molecular flexibility index (Phi) is 4.65. The van der Waals surface area contributed by atoms with Crippen LogP contribution in [0.15, 0.2) is 22.7 Å². The summed E-state index contributed by atoms with van der Waals surface area (Å²) < 4.78 is 6.48. The van der Waals surface area contributed by atoms with Gasteiger partial charge in [0.1, 0.15) is 0 Å². The van der Waals surface area contributed by atoms with E-state index in [1.54, 1.807) is 0 Å². The monoisotopic (exact) mass is 312 g/mol. The van der Waals surface area contributed by atoms with Gasteiger partial charge in [-0.15, -0.1) is 0 Å². The van der Waals surface area contributed by atoms with Crippen molar-refractivity contribution in [1.82, 2.24) is 4.90 Å². The molecule has 1 aliphatic rings. The second-order valence-corrected chi connectivity index (χ2v) is 5.81. The molecule has 2 unspecified atom stereocenters. The van der Waals surface area contributed by atoms with Crippen LogP contribution in [0.4, 0.5) is 5.69 Å². The topological polar surface area (TPSA) is 38.5 Å². The molecule has 0 radical (unpaired) electrons. The van der Waals surface area contributed by atoms with Gasteiger partial charge in [0, 0.05) is 36.4 Å². The quantitative estimate of drug-likeness (QED) is 0.872. The summed E-state index contributed by atoms with van der Waals surface area (Å²) >= 11 is 3.58. The van der Waals surface area contributed by atoms with E-state index in [-0.39, 0.29) is 0 Å². The maximum atomic E-state index is 5.92. The van der Waals surface area contributed by atoms with Crippen LogP contribution < -0.4 is 5.73 Å². The Balaban J connectivity index is 2.03. The molecule has 0 spiro atoms. The first kappa shape index (κ1) is 13.8. The van der Waals surface area contributed by atoms with E-state index in [4.69, 9.17) is 10.5 Å². The summed E-state index contributed by atoms with van der Waals surface area (Å²) in [5, 5.41) is 0. The third-order valence-corrected chi connectivity index (χ3v) is 4.75. The molecule has 1 saturated heterocycles. The molecule has 0 amide bonds. The van der Waals surface area contributed by atoms with Crippen molar-refractivity contribution in [2.24, 2.45) is 0 Å². The molecule has 1 heterocycles. The lowest BCUT2D eigenvalue weighted by molar-refractivity contribution is 0.0129. The number of hydrogen-bond acceptors (Lipinski definition) is 3. The molecule has 1 aromatic rings. The minimum atomic E-state index is 0.417. The van der Waals surface area contributed by atoms with Crippen molar-refractivity contribution in [2.75, 3.05) is 19.4 Å². The van der Waals surface area contributed by atoms with Crippen LogP contribution >= 0.6 is 15.9 Å². The lowest BCUT2D eigenvalue weighted by atomic mass is 10.00. The highest BCUT2D eigenvalue weighted by Gasteiger charge is 2.25. The Morgan fingerprint density at radius 2 is 2.28 bits per heavy atom. The molecule has 0 aromatic heterocycles. The molecule has 4 heteroatoms. The molecule has 0 aliphatic carbocycles. The van der Waals surface area contributed by atoms with Gasteiger partial charge in [-0.1, -0.05) is 12.1 Å². The zero-order valence-corrected chi connectivity index (χ0v) is 12.6. The fourth-order valence-corrected chi connectivity index (χ4v) is 2.96. The van der Waals surface area contributed by atoms with Crippen molar-refractivity contribution < 1.29 is 4.74 Å². The van der Waals surface area contributed by atoms with Crippen LogP contribution in [0.5, 0.6) is 0 Å². The van der Waals surface area contributed by atoms with Crippen LogP contribution in [-0.2, 0) is 11.3 Å². The second-order valence-electron chi connectivity index (χ2n) is 5.02. The molecule has 18 heavy (non-hydrogen) atoms. The number of nitrogens with two attached hydrogens (primary N) is 1. The predicted molar refractivity (Wildman–Crippen MR) is 78.5 cm³/mol. The summed E-state index contributed by atoms with van der Waals surface area (Å²) in [7, 11) is 1.81. The molecule has 2 N–H and O–H groups in total. The normalized spacial score (nSPS) is 25.3. The smallest absolute Gasteiger partial charge is 0.0598 e. The number of piperidine rings is 1. The second kappa shape index (κ2) is 6.04. The average Bonchev–Trinajstić information content (AvgIpc) is 2.37. The summed E-state index contributed by atoms with van der Waals surface area (Å²) in [6, 6.07) is 6.63. The molecule has 2 rings (SSSR count). The number of benzene rings is 1. The fraction of sp³-hybridized carbons (Fsp3) is 0.571. The number of anilines is 1. The molecular formula is C14H21BrN2O. The highest BCUT2D eigenvalue weighted by atomic mass is 79.9. The summed E-state index contributed by atoms with van der Waals surface area (Å²) in [6.07, 6.45) is 2.64. The van der Waals surface area contributed by atoms with Gasteiger partial charge in [-0.25, -0.2) is 0 Å². The van der Waals surface area contributed by atoms with Gasteiger partial charge < -0.3 is 10.5 Å². The number of methoxy groups -OCH3 is 1. The van der Waals surface area contributed by atoms with E-state index < -0.39 is 0 Å². The number of rotatable bonds is 3. The van der Waals surface area contributed by atoms with Crippen molar-refractivity contribution in [3.63, 3.8) is 0 Å². The molecule has 1 fully saturated rings. The van der Waals surface area contributed by atoms with E-state index in [1.807, 2.05) is 19.2 Å². The van der Waals surface area contributed by atoms with Gasteiger partial charge in [0.25, 0.3) is 0 Å². The van der Waals surface area contributed by atoms with E-state index in [0.717, 1.165) is 36.1 Å². The van der Waals surface area contributed by atoms with Crippen LogP contribution in [0.25, 0.3) is 0 Å². The van der Waals surface area contributed by atoms with E-state index in [2.05, 4.69) is 33.8 Å². The molecule has 1 aromatic carbocycles. The third-order valence-electron chi connectivity index (χ3n) is 3.78. The predicted octanol–water partition coefficient (Wildman–Crippen LogP) is 3.03.